The Morgan fingerprint density at radius 2 is 2.33 bits per heavy atom. The van der Waals surface area contributed by atoms with Gasteiger partial charge in [-0.2, -0.15) is 4.39 Å². The number of aromatic nitrogens is 2. The zero-order valence-electron chi connectivity index (χ0n) is 7.70. The number of methoxy groups -OCH3 is 1. The smallest absolute Gasteiger partial charge is 0.361 e. The van der Waals surface area contributed by atoms with Crippen LogP contribution in [0.4, 0.5) is 4.39 Å². The molecular weight excluding hydrogens is 267 g/mol. The average Bonchev–Trinajstić information content (AvgIpc) is 2.56. The Morgan fingerprint density at radius 3 is 2.93 bits per heavy atom. The van der Waals surface area contributed by atoms with E-state index in [1.807, 2.05) is 0 Å². The monoisotopic (exact) mass is 272 g/mol. The van der Waals surface area contributed by atoms with Gasteiger partial charge in [0.05, 0.1) is 11.7 Å². The Balaban J connectivity index is 2.75. The normalized spacial score (nSPS) is 10.6. The molecule has 0 unspecified atom stereocenters. The Hall–Kier alpha value is -1.43. The summed E-state index contributed by atoms with van der Waals surface area (Å²) in [7, 11) is 1.18. The maximum absolute atomic E-state index is 13.7. The third kappa shape index (κ3) is 1.50. The van der Waals surface area contributed by atoms with Gasteiger partial charge < -0.3 is 4.74 Å². The second-order valence-electron chi connectivity index (χ2n) is 2.78. The first-order chi connectivity index (χ1) is 7.15. The van der Waals surface area contributed by atoms with Crippen molar-refractivity contribution >= 4 is 27.5 Å². The number of pyridine rings is 1. The summed E-state index contributed by atoms with van der Waals surface area (Å²) in [5.74, 6) is -1.52. The molecule has 0 N–H and O–H groups in total. The van der Waals surface area contributed by atoms with Crippen LogP contribution in [0, 0.1) is 5.95 Å². The molecule has 0 amide bonds. The zero-order chi connectivity index (χ0) is 11.0. The van der Waals surface area contributed by atoms with Crippen LogP contribution in [0.1, 0.15) is 10.5 Å². The van der Waals surface area contributed by atoms with Crippen molar-refractivity contribution in [1.29, 1.82) is 0 Å². The number of halogens is 2. The molecular formula is C9H6BrFN2O2. The predicted octanol–water partition coefficient (Wildman–Crippen LogP) is 2.02. The third-order valence-corrected chi connectivity index (χ3v) is 2.54. The summed E-state index contributed by atoms with van der Waals surface area (Å²) in [5, 5.41) is 0. The van der Waals surface area contributed by atoms with Crippen molar-refractivity contribution in [2.45, 2.75) is 0 Å². The number of rotatable bonds is 1. The van der Waals surface area contributed by atoms with Crippen LogP contribution in [-0.4, -0.2) is 22.5 Å². The van der Waals surface area contributed by atoms with E-state index in [0.29, 0.717) is 10.3 Å². The van der Waals surface area contributed by atoms with Crippen LogP contribution in [-0.2, 0) is 4.74 Å². The van der Waals surface area contributed by atoms with E-state index in [-0.39, 0.29) is 5.69 Å². The van der Waals surface area contributed by atoms with Crippen molar-refractivity contribution in [3.63, 3.8) is 0 Å². The number of ether oxygens (including phenoxy) is 1. The molecule has 0 spiro atoms. The van der Waals surface area contributed by atoms with Crippen LogP contribution in [0.3, 0.4) is 0 Å². The number of carbonyl (C=O) groups is 1. The van der Waals surface area contributed by atoms with E-state index in [1.165, 1.54) is 11.5 Å². The standard InChI is InChI=1S/C9H6BrFN2O2/c1-15-9(14)7-8(11)13-5(10)3-2-4-6(13)12-7/h2-4H,1H3. The van der Waals surface area contributed by atoms with Crippen molar-refractivity contribution < 1.29 is 13.9 Å². The molecule has 0 atom stereocenters. The van der Waals surface area contributed by atoms with Gasteiger partial charge in [0.15, 0.2) is 0 Å². The number of nitrogens with zero attached hydrogens (tertiary/aromatic N) is 2. The van der Waals surface area contributed by atoms with E-state index >= 15 is 0 Å². The van der Waals surface area contributed by atoms with Crippen molar-refractivity contribution in [3.05, 3.63) is 34.4 Å². The highest BCUT2D eigenvalue weighted by Gasteiger charge is 2.20. The van der Waals surface area contributed by atoms with Crippen LogP contribution in [0.2, 0.25) is 0 Å². The highest BCUT2D eigenvalue weighted by molar-refractivity contribution is 9.10. The van der Waals surface area contributed by atoms with Crippen LogP contribution in [0.5, 0.6) is 0 Å². The number of carbonyl (C=O) groups excluding carboxylic acids is 1. The Labute approximate surface area is 92.8 Å². The minimum atomic E-state index is -0.789. The maximum atomic E-state index is 13.7. The van der Waals surface area contributed by atoms with Gasteiger partial charge in [0.25, 0.3) is 0 Å². The molecule has 4 nitrogen and oxygen atoms in total. The minimum Gasteiger partial charge on any atom is -0.464 e. The van der Waals surface area contributed by atoms with Crippen LogP contribution < -0.4 is 0 Å². The van der Waals surface area contributed by atoms with Crippen molar-refractivity contribution in [3.8, 4) is 0 Å². The molecule has 6 heteroatoms. The minimum absolute atomic E-state index is 0.315. The fraction of sp³-hybridized carbons (Fsp3) is 0.111. The molecule has 0 fully saturated rings. The Bertz CT molecular complexity index is 538. The fourth-order valence-electron chi connectivity index (χ4n) is 1.25. The van der Waals surface area contributed by atoms with Gasteiger partial charge in [-0.15, -0.1) is 0 Å². The summed E-state index contributed by atoms with van der Waals surface area (Å²) < 4.78 is 19.8. The second-order valence-corrected chi connectivity index (χ2v) is 3.60. The number of imidazole rings is 1. The third-order valence-electron chi connectivity index (χ3n) is 1.92. The molecule has 2 aromatic heterocycles. The summed E-state index contributed by atoms with van der Waals surface area (Å²) >= 11 is 3.16. The maximum Gasteiger partial charge on any atom is 0.361 e. The molecule has 0 aliphatic heterocycles. The fourth-order valence-corrected chi connectivity index (χ4v) is 1.74. The molecule has 2 aromatic rings. The number of esters is 1. The summed E-state index contributed by atoms with van der Waals surface area (Å²) in [6, 6.07) is 4.95. The van der Waals surface area contributed by atoms with E-state index in [2.05, 4.69) is 25.7 Å². The first-order valence-corrected chi connectivity index (χ1v) is 4.85. The number of hydrogen-bond donors (Lipinski definition) is 0. The molecule has 0 aromatic carbocycles. The lowest BCUT2D eigenvalue weighted by molar-refractivity contribution is 0.0589. The van der Waals surface area contributed by atoms with Gasteiger partial charge in [-0.1, -0.05) is 6.07 Å². The van der Waals surface area contributed by atoms with Crippen molar-refractivity contribution in [1.82, 2.24) is 9.38 Å². The number of fused-ring (bicyclic) bond motifs is 1. The predicted molar refractivity (Wildman–Crippen MR) is 54.2 cm³/mol. The second kappa shape index (κ2) is 3.62. The van der Waals surface area contributed by atoms with E-state index in [1.54, 1.807) is 18.2 Å². The van der Waals surface area contributed by atoms with Gasteiger partial charge in [-0.05, 0) is 28.1 Å². The molecule has 78 valence electrons. The molecule has 2 heterocycles. The topological polar surface area (TPSA) is 43.6 Å². The largest absolute Gasteiger partial charge is 0.464 e. The lowest BCUT2D eigenvalue weighted by Gasteiger charge is -1.96. The first-order valence-electron chi connectivity index (χ1n) is 4.06. The molecule has 0 aliphatic rings. The van der Waals surface area contributed by atoms with E-state index < -0.39 is 11.9 Å². The average molecular weight is 273 g/mol. The highest BCUT2D eigenvalue weighted by atomic mass is 79.9. The lowest BCUT2D eigenvalue weighted by atomic mass is 10.5. The van der Waals surface area contributed by atoms with Gasteiger partial charge in [-0.3, -0.25) is 4.40 Å². The van der Waals surface area contributed by atoms with Gasteiger partial charge in [0.2, 0.25) is 11.6 Å². The van der Waals surface area contributed by atoms with Gasteiger partial charge >= 0.3 is 5.97 Å². The molecule has 2 rings (SSSR count). The van der Waals surface area contributed by atoms with Crippen LogP contribution in [0.25, 0.3) is 5.65 Å². The molecule has 15 heavy (non-hydrogen) atoms. The van der Waals surface area contributed by atoms with Crippen LogP contribution in [0.15, 0.2) is 22.8 Å². The summed E-state index contributed by atoms with van der Waals surface area (Å²) in [4.78, 5) is 15.0. The molecule has 0 aliphatic carbocycles. The molecule has 0 radical (unpaired) electrons. The Kier molecular flexibility index (Phi) is 2.44. The van der Waals surface area contributed by atoms with E-state index in [0.717, 1.165) is 0 Å². The van der Waals surface area contributed by atoms with E-state index in [4.69, 9.17) is 0 Å². The zero-order valence-corrected chi connectivity index (χ0v) is 9.28. The van der Waals surface area contributed by atoms with Crippen LogP contribution >= 0.6 is 15.9 Å². The highest BCUT2D eigenvalue weighted by Crippen LogP contribution is 2.18. The van der Waals surface area contributed by atoms with Gasteiger partial charge in [-0.25, -0.2) is 9.78 Å². The van der Waals surface area contributed by atoms with E-state index in [9.17, 15) is 9.18 Å². The lowest BCUT2D eigenvalue weighted by Crippen LogP contribution is -2.04. The molecule has 0 bridgehead atoms. The summed E-state index contributed by atoms with van der Waals surface area (Å²) in [5.41, 5.74) is 0.0340. The molecule has 0 saturated heterocycles. The Morgan fingerprint density at radius 1 is 1.60 bits per heavy atom. The SMILES string of the molecule is COC(=O)c1nc2cccc(Br)n2c1F. The summed E-state index contributed by atoms with van der Waals surface area (Å²) in [6.07, 6.45) is 0. The van der Waals surface area contributed by atoms with Gasteiger partial charge in [0, 0.05) is 0 Å². The quantitative estimate of drug-likeness (QED) is 0.589. The van der Waals surface area contributed by atoms with Crippen molar-refractivity contribution in [2.24, 2.45) is 0 Å². The van der Waals surface area contributed by atoms with Crippen molar-refractivity contribution in [2.75, 3.05) is 7.11 Å². The first kappa shape index (κ1) is 10.1. The summed E-state index contributed by atoms with van der Waals surface area (Å²) in [6.45, 7) is 0. The van der Waals surface area contributed by atoms with Gasteiger partial charge in [0.1, 0.15) is 5.65 Å². The number of hydrogen-bond acceptors (Lipinski definition) is 3. The molecule has 0 saturated carbocycles.